The maximum Gasteiger partial charge on any atom is 0.272 e. The Bertz CT molecular complexity index is 685. The molecule has 0 saturated carbocycles. The highest BCUT2D eigenvalue weighted by Gasteiger charge is 2.16. The molecule has 1 heterocycles. The minimum atomic E-state index is -0.859. The van der Waals surface area contributed by atoms with Gasteiger partial charge in [-0.1, -0.05) is 0 Å². The third-order valence-corrected chi connectivity index (χ3v) is 5.54. The molecule has 2 aromatic rings. The van der Waals surface area contributed by atoms with Crippen molar-refractivity contribution in [2.24, 2.45) is 0 Å². The molecule has 9 heteroatoms. The van der Waals surface area contributed by atoms with Gasteiger partial charge in [-0.05, 0) is 44.0 Å². The monoisotopic (exact) mass is 422 g/mol. The lowest BCUT2D eigenvalue weighted by Crippen LogP contribution is -2.11. The van der Waals surface area contributed by atoms with E-state index in [0.717, 1.165) is 26.5 Å². The van der Waals surface area contributed by atoms with Gasteiger partial charge in [-0.3, -0.25) is 14.9 Å². The van der Waals surface area contributed by atoms with Crippen LogP contribution in [0.1, 0.15) is 9.67 Å². The molecule has 0 radical (unpaired) electrons. The van der Waals surface area contributed by atoms with Crippen LogP contribution < -0.4 is 5.32 Å². The van der Waals surface area contributed by atoms with Gasteiger partial charge in [0, 0.05) is 10.5 Å². The van der Waals surface area contributed by atoms with Crippen molar-refractivity contribution in [3.05, 3.63) is 53.3 Å². The third kappa shape index (κ3) is 3.22. The van der Waals surface area contributed by atoms with Gasteiger partial charge in [-0.25, -0.2) is 4.39 Å². The van der Waals surface area contributed by atoms with Gasteiger partial charge in [-0.15, -0.1) is 11.3 Å². The van der Waals surface area contributed by atoms with Crippen molar-refractivity contribution in [2.45, 2.75) is 0 Å². The highest BCUT2D eigenvalue weighted by molar-refractivity contribution is 9.13. The van der Waals surface area contributed by atoms with E-state index in [2.05, 4.69) is 37.2 Å². The zero-order chi connectivity index (χ0) is 14.9. The number of benzene rings is 1. The third-order valence-electron chi connectivity index (χ3n) is 2.28. The highest BCUT2D eigenvalue weighted by Crippen LogP contribution is 2.33. The van der Waals surface area contributed by atoms with Gasteiger partial charge in [0.1, 0.15) is 0 Å². The summed E-state index contributed by atoms with van der Waals surface area (Å²) in [6.07, 6.45) is 0. The lowest BCUT2D eigenvalue weighted by atomic mass is 10.2. The number of nitrogens with one attached hydrogen (secondary N) is 1. The van der Waals surface area contributed by atoms with Crippen LogP contribution in [0, 0.1) is 15.9 Å². The van der Waals surface area contributed by atoms with Crippen molar-refractivity contribution in [2.75, 3.05) is 5.32 Å². The summed E-state index contributed by atoms with van der Waals surface area (Å²) in [5.41, 5.74) is -0.483. The van der Waals surface area contributed by atoms with Gasteiger partial charge in [0.2, 0.25) is 0 Å². The van der Waals surface area contributed by atoms with E-state index in [9.17, 15) is 19.3 Å². The van der Waals surface area contributed by atoms with Crippen molar-refractivity contribution in [3.63, 3.8) is 0 Å². The topological polar surface area (TPSA) is 72.2 Å². The fourth-order valence-electron chi connectivity index (χ4n) is 1.36. The molecule has 104 valence electrons. The van der Waals surface area contributed by atoms with Crippen molar-refractivity contribution < 1.29 is 14.1 Å². The molecule has 0 aliphatic heterocycles. The Morgan fingerprint density at radius 2 is 2.05 bits per heavy atom. The van der Waals surface area contributed by atoms with Crippen LogP contribution in [0.2, 0.25) is 0 Å². The van der Waals surface area contributed by atoms with E-state index >= 15 is 0 Å². The summed E-state index contributed by atoms with van der Waals surface area (Å²) >= 11 is 7.68. The smallest absolute Gasteiger partial charge is 0.272 e. The molecule has 0 spiro atoms. The number of hydrogen-bond acceptors (Lipinski definition) is 4. The molecule has 0 atom stereocenters. The lowest BCUT2D eigenvalue weighted by molar-refractivity contribution is -0.385. The summed E-state index contributed by atoms with van der Waals surface area (Å²) in [5.74, 6) is -1.35. The molecule has 5 nitrogen and oxygen atoms in total. The van der Waals surface area contributed by atoms with Gasteiger partial charge in [0.25, 0.3) is 11.6 Å². The van der Waals surface area contributed by atoms with Crippen LogP contribution in [0.15, 0.2) is 32.5 Å². The van der Waals surface area contributed by atoms with Gasteiger partial charge >= 0.3 is 0 Å². The zero-order valence-corrected chi connectivity index (χ0v) is 13.5. The van der Waals surface area contributed by atoms with E-state index in [-0.39, 0.29) is 11.4 Å². The molecule has 1 N–H and O–H groups in total. The summed E-state index contributed by atoms with van der Waals surface area (Å²) in [4.78, 5) is 22.1. The number of halogens is 3. The molecule has 0 unspecified atom stereocenters. The molecule has 0 bridgehead atoms. The largest absolute Gasteiger partial charge is 0.319 e. The number of amides is 1. The normalized spacial score (nSPS) is 10.3. The summed E-state index contributed by atoms with van der Waals surface area (Å²) in [5, 5.41) is 12.9. The summed E-state index contributed by atoms with van der Waals surface area (Å²) in [7, 11) is 0. The second-order valence-corrected chi connectivity index (χ2v) is 6.83. The summed E-state index contributed by atoms with van der Waals surface area (Å²) in [6, 6.07) is 4.63. The van der Waals surface area contributed by atoms with Crippen LogP contribution >= 0.6 is 43.2 Å². The van der Waals surface area contributed by atoms with Gasteiger partial charge in [-0.2, -0.15) is 0 Å². The molecule has 0 aliphatic rings. The van der Waals surface area contributed by atoms with Crippen molar-refractivity contribution >= 4 is 60.5 Å². The first-order valence-electron chi connectivity index (χ1n) is 5.08. The van der Waals surface area contributed by atoms with Crippen LogP contribution in [0.5, 0.6) is 0 Å². The first kappa shape index (κ1) is 15.1. The second-order valence-electron chi connectivity index (χ2n) is 3.61. The van der Waals surface area contributed by atoms with E-state index in [0.29, 0.717) is 4.88 Å². The minimum absolute atomic E-state index is 0.110. The van der Waals surface area contributed by atoms with Crippen LogP contribution in [0.25, 0.3) is 0 Å². The van der Waals surface area contributed by atoms with E-state index in [1.807, 2.05) is 0 Å². The average Bonchev–Trinajstić information content (AvgIpc) is 2.72. The molecular weight excluding hydrogens is 419 g/mol. The average molecular weight is 424 g/mol. The van der Waals surface area contributed by atoms with Crippen LogP contribution in [0.4, 0.5) is 15.8 Å². The zero-order valence-electron chi connectivity index (χ0n) is 9.52. The standard InChI is InChI=1S/C11H5Br2FN2O3S/c12-6-4-9(20-10(6)13)11(17)15-8-2-1-5(16(18)19)3-7(8)14/h1-4H,(H,15,17). The number of nitro benzene ring substituents is 1. The number of non-ortho nitro benzene ring substituents is 1. The van der Waals surface area contributed by atoms with Gasteiger partial charge < -0.3 is 5.32 Å². The Balaban J connectivity index is 2.21. The van der Waals surface area contributed by atoms with Crippen LogP contribution in [0.3, 0.4) is 0 Å². The Labute approximate surface area is 133 Å². The first-order valence-corrected chi connectivity index (χ1v) is 7.49. The fourth-order valence-corrected chi connectivity index (χ4v) is 3.29. The number of nitro groups is 1. The number of hydrogen-bond donors (Lipinski definition) is 1. The maximum absolute atomic E-state index is 13.6. The summed E-state index contributed by atoms with van der Waals surface area (Å²) in [6.45, 7) is 0. The minimum Gasteiger partial charge on any atom is -0.319 e. The van der Waals surface area contributed by atoms with Gasteiger partial charge in [0.15, 0.2) is 5.82 Å². The predicted molar refractivity (Wildman–Crippen MR) is 80.7 cm³/mol. The second kappa shape index (κ2) is 5.98. The number of rotatable bonds is 3. The van der Waals surface area contributed by atoms with Crippen molar-refractivity contribution in [3.8, 4) is 0 Å². The van der Waals surface area contributed by atoms with Crippen LogP contribution in [-0.2, 0) is 0 Å². The molecule has 1 aromatic carbocycles. The number of nitrogens with zero attached hydrogens (tertiary/aromatic N) is 1. The number of thiophene rings is 1. The van der Waals surface area contributed by atoms with E-state index in [1.165, 1.54) is 11.3 Å². The van der Waals surface area contributed by atoms with E-state index in [4.69, 9.17) is 0 Å². The molecular formula is C11H5Br2FN2O3S. The molecule has 2 rings (SSSR count). The molecule has 1 amide bonds. The number of carbonyl (C=O) groups is 1. The molecule has 1 aromatic heterocycles. The van der Waals surface area contributed by atoms with E-state index in [1.54, 1.807) is 6.07 Å². The summed E-state index contributed by atoms with van der Waals surface area (Å²) < 4.78 is 15.1. The Hall–Kier alpha value is -1.32. The Morgan fingerprint density at radius 1 is 1.35 bits per heavy atom. The molecule has 0 fully saturated rings. The van der Waals surface area contributed by atoms with E-state index < -0.39 is 16.6 Å². The first-order chi connectivity index (χ1) is 9.38. The van der Waals surface area contributed by atoms with Crippen molar-refractivity contribution in [1.29, 1.82) is 0 Å². The number of carbonyl (C=O) groups excluding carboxylic acids is 1. The van der Waals surface area contributed by atoms with Crippen LogP contribution in [-0.4, -0.2) is 10.8 Å². The Kier molecular flexibility index (Phi) is 4.51. The predicted octanol–water partition coefficient (Wildman–Crippen LogP) is 4.57. The quantitative estimate of drug-likeness (QED) is 0.580. The molecule has 20 heavy (non-hydrogen) atoms. The molecule has 0 saturated heterocycles. The molecule has 0 aliphatic carbocycles. The lowest BCUT2D eigenvalue weighted by Gasteiger charge is -2.04. The maximum atomic E-state index is 13.6. The highest BCUT2D eigenvalue weighted by atomic mass is 79.9. The van der Waals surface area contributed by atoms with Crippen molar-refractivity contribution in [1.82, 2.24) is 0 Å². The van der Waals surface area contributed by atoms with Gasteiger partial charge in [0.05, 0.1) is 25.3 Å². The fraction of sp³-hybridized carbons (Fsp3) is 0. The number of anilines is 1. The SMILES string of the molecule is O=C(Nc1ccc([N+](=O)[O-])cc1F)c1cc(Br)c(Br)s1. The Morgan fingerprint density at radius 3 is 2.55 bits per heavy atom.